The van der Waals surface area contributed by atoms with Gasteiger partial charge < -0.3 is 10.2 Å². The number of carbonyl (C=O) groups excluding carboxylic acids is 2. The van der Waals surface area contributed by atoms with Crippen LogP contribution in [0.15, 0.2) is 71.6 Å². The fourth-order valence-electron chi connectivity index (χ4n) is 4.99. The van der Waals surface area contributed by atoms with Crippen molar-refractivity contribution in [2.75, 3.05) is 10.8 Å². The van der Waals surface area contributed by atoms with Crippen LogP contribution in [0.4, 0.5) is 10.1 Å². The normalized spacial score (nSPS) is 14.5. The van der Waals surface area contributed by atoms with E-state index >= 15 is 0 Å². The van der Waals surface area contributed by atoms with E-state index in [2.05, 4.69) is 5.32 Å². The number of hydrogen-bond acceptors (Lipinski definition) is 4. The summed E-state index contributed by atoms with van der Waals surface area (Å²) in [7, 11) is -4.23. The number of carbonyl (C=O) groups is 2. The molecule has 1 aliphatic carbocycles. The molecule has 7 nitrogen and oxygen atoms in total. The summed E-state index contributed by atoms with van der Waals surface area (Å²) in [5.41, 5.74) is 1.92. The van der Waals surface area contributed by atoms with Crippen molar-refractivity contribution in [1.29, 1.82) is 0 Å². The monoisotopic (exact) mass is 599 g/mol. The van der Waals surface area contributed by atoms with Crippen molar-refractivity contribution in [2.24, 2.45) is 0 Å². The highest BCUT2D eigenvalue weighted by Crippen LogP contribution is 2.30. The summed E-state index contributed by atoms with van der Waals surface area (Å²) in [4.78, 5) is 28.6. The topological polar surface area (TPSA) is 86.8 Å². The van der Waals surface area contributed by atoms with Gasteiger partial charge in [-0.3, -0.25) is 13.9 Å². The van der Waals surface area contributed by atoms with Crippen LogP contribution in [0.1, 0.15) is 49.3 Å². The van der Waals surface area contributed by atoms with Gasteiger partial charge in [-0.25, -0.2) is 12.8 Å². The first kappa shape index (κ1) is 30.5. The average molecular weight is 600 g/mol. The summed E-state index contributed by atoms with van der Waals surface area (Å²) in [5, 5.41) is 3.30. The molecular formula is C31H35ClFN3O4S. The van der Waals surface area contributed by atoms with Crippen LogP contribution in [0.3, 0.4) is 0 Å². The highest BCUT2D eigenvalue weighted by molar-refractivity contribution is 7.92. The van der Waals surface area contributed by atoms with Gasteiger partial charge in [0.25, 0.3) is 10.0 Å². The van der Waals surface area contributed by atoms with Crippen LogP contribution < -0.4 is 9.62 Å². The molecule has 1 saturated carbocycles. The van der Waals surface area contributed by atoms with Gasteiger partial charge in [-0.2, -0.15) is 0 Å². The number of rotatable bonds is 10. The number of sulfonamides is 1. The molecule has 0 radical (unpaired) electrons. The Hall–Kier alpha value is -3.43. The first-order valence-corrected chi connectivity index (χ1v) is 15.5. The molecule has 0 heterocycles. The molecule has 1 aliphatic rings. The van der Waals surface area contributed by atoms with E-state index in [0.717, 1.165) is 35.6 Å². The number of benzene rings is 3. The van der Waals surface area contributed by atoms with Gasteiger partial charge in [-0.15, -0.1) is 0 Å². The van der Waals surface area contributed by atoms with Crippen LogP contribution in [-0.2, 0) is 26.2 Å². The zero-order valence-electron chi connectivity index (χ0n) is 23.4. The number of aryl methyl sites for hydroxylation is 2. The Morgan fingerprint density at radius 2 is 1.68 bits per heavy atom. The van der Waals surface area contributed by atoms with E-state index < -0.39 is 34.3 Å². The van der Waals surface area contributed by atoms with Crippen LogP contribution in [0.25, 0.3) is 0 Å². The molecule has 41 heavy (non-hydrogen) atoms. The minimum atomic E-state index is -4.23. The molecule has 2 amide bonds. The second-order valence-electron chi connectivity index (χ2n) is 10.5. The summed E-state index contributed by atoms with van der Waals surface area (Å²) >= 11 is 6.26. The molecule has 0 bridgehead atoms. The van der Waals surface area contributed by atoms with Gasteiger partial charge in [0.15, 0.2) is 0 Å². The van der Waals surface area contributed by atoms with Crippen LogP contribution in [0.5, 0.6) is 0 Å². The minimum Gasteiger partial charge on any atom is -0.352 e. The number of amides is 2. The number of anilines is 1. The molecule has 0 spiro atoms. The lowest BCUT2D eigenvalue weighted by atomic mass is 10.1. The lowest BCUT2D eigenvalue weighted by Gasteiger charge is -2.33. The molecule has 0 saturated heterocycles. The third-order valence-corrected chi connectivity index (χ3v) is 9.50. The van der Waals surface area contributed by atoms with Crippen LogP contribution in [0.2, 0.25) is 5.02 Å². The highest BCUT2D eigenvalue weighted by atomic mass is 35.5. The minimum absolute atomic E-state index is 0.00274. The smallest absolute Gasteiger partial charge is 0.264 e. The van der Waals surface area contributed by atoms with E-state index in [9.17, 15) is 22.4 Å². The number of hydrogen-bond donors (Lipinski definition) is 1. The summed E-state index contributed by atoms with van der Waals surface area (Å²) < 4.78 is 43.7. The second kappa shape index (κ2) is 13.0. The van der Waals surface area contributed by atoms with Crippen molar-refractivity contribution in [2.45, 2.75) is 70.0 Å². The summed E-state index contributed by atoms with van der Waals surface area (Å²) in [6.07, 6.45) is 3.75. The Balaban J connectivity index is 1.73. The molecule has 0 aromatic heterocycles. The molecule has 218 valence electrons. The maximum absolute atomic E-state index is 14.7. The Morgan fingerprint density at radius 3 is 2.34 bits per heavy atom. The Morgan fingerprint density at radius 1 is 1.02 bits per heavy atom. The molecule has 0 aliphatic heterocycles. The van der Waals surface area contributed by atoms with Crippen LogP contribution in [-0.4, -0.2) is 43.8 Å². The van der Waals surface area contributed by atoms with E-state index in [-0.39, 0.29) is 34.6 Å². The number of nitrogens with zero attached hydrogens (tertiary/aromatic N) is 2. The predicted molar refractivity (Wildman–Crippen MR) is 159 cm³/mol. The molecule has 1 N–H and O–H groups in total. The van der Waals surface area contributed by atoms with Crippen molar-refractivity contribution in [3.05, 3.63) is 94.3 Å². The molecule has 1 fully saturated rings. The quantitative estimate of drug-likeness (QED) is 0.321. The lowest BCUT2D eigenvalue weighted by Crippen LogP contribution is -2.52. The van der Waals surface area contributed by atoms with Gasteiger partial charge in [0.2, 0.25) is 11.8 Å². The fraction of sp³-hybridized carbons (Fsp3) is 0.355. The zero-order valence-corrected chi connectivity index (χ0v) is 25.0. The molecule has 3 aromatic rings. The fourth-order valence-corrected chi connectivity index (χ4v) is 6.62. The Bertz CT molecular complexity index is 1510. The van der Waals surface area contributed by atoms with E-state index in [4.69, 9.17) is 11.6 Å². The van der Waals surface area contributed by atoms with Gasteiger partial charge in [-0.05, 0) is 69.5 Å². The van der Waals surface area contributed by atoms with Gasteiger partial charge in [0.05, 0.1) is 10.6 Å². The Labute approximate surface area is 246 Å². The van der Waals surface area contributed by atoms with Gasteiger partial charge >= 0.3 is 0 Å². The van der Waals surface area contributed by atoms with E-state index in [0.29, 0.717) is 10.6 Å². The number of halogens is 2. The van der Waals surface area contributed by atoms with Gasteiger partial charge in [0, 0.05) is 23.2 Å². The van der Waals surface area contributed by atoms with Crippen LogP contribution >= 0.6 is 11.6 Å². The molecule has 0 unspecified atom stereocenters. The zero-order chi connectivity index (χ0) is 29.7. The highest BCUT2D eigenvalue weighted by Gasteiger charge is 2.34. The molecule has 10 heteroatoms. The maximum Gasteiger partial charge on any atom is 0.264 e. The first-order valence-electron chi connectivity index (χ1n) is 13.7. The second-order valence-corrected chi connectivity index (χ2v) is 12.8. The molecular weight excluding hydrogens is 565 g/mol. The largest absolute Gasteiger partial charge is 0.352 e. The molecule has 4 rings (SSSR count). The van der Waals surface area contributed by atoms with E-state index in [1.54, 1.807) is 56.3 Å². The molecule has 3 aromatic carbocycles. The van der Waals surface area contributed by atoms with Crippen molar-refractivity contribution in [1.82, 2.24) is 10.2 Å². The predicted octanol–water partition coefficient (Wildman–Crippen LogP) is 5.77. The Kier molecular flexibility index (Phi) is 9.71. The van der Waals surface area contributed by atoms with E-state index in [1.807, 2.05) is 6.92 Å². The SMILES string of the molecule is Cc1ccc(S(=O)(=O)N(CC(=O)N(Cc2ccccc2F)[C@H](C)C(=O)NC2CCCC2)c2cc(Cl)ccc2C)cc1. The molecule has 1 atom stereocenters. The summed E-state index contributed by atoms with van der Waals surface area (Å²) in [6.45, 7) is 4.32. The van der Waals surface area contributed by atoms with Crippen molar-refractivity contribution in [3.63, 3.8) is 0 Å². The van der Waals surface area contributed by atoms with Crippen molar-refractivity contribution in [3.8, 4) is 0 Å². The van der Waals surface area contributed by atoms with Gasteiger partial charge in [0.1, 0.15) is 18.4 Å². The standard InChI is InChI=1S/C31H35ClFN3O4S/c1-21-12-16-27(17-13-21)41(39,40)36(29-18-25(32)15-14-22(29)2)20-30(37)35(19-24-8-4-7-11-28(24)33)23(3)31(38)34-26-9-5-6-10-26/h4,7-8,11-18,23,26H,5-6,9-10,19-20H2,1-3H3,(H,34,38)/t23-/m1/s1. The van der Waals surface area contributed by atoms with Crippen molar-refractivity contribution >= 4 is 39.1 Å². The van der Waals surface area contributed by atoms with Crippen LogP contribution in [0, 0.1) is 19.7 Å². The average Bonchev–Trinajstić information content (AvgIpc) is 3.45. The summed E-state index contributed by atoms with van der Waals surface area (Å²) in [5.74, 6) is -1.55. The maximum atomic E-state index is 14.7. The van der Waals surface area contributed by atoms with E-state index in [1.165, 1.54) is 29.2 Å². The number of nitrogens with one attached hydrogen (secondary N) is 1. The van der Waals surface area contributed by atoms with Crippen molar-refractivity contribution < 1.29 is 22.4 Å². The van der Waals surface area contributed by atoms with Gasteiger partial charge in [-0.1, -0.05) is 66.4 Å². The third-order valence-electron chi connectivity index (χ3n) is 7.50. The summed E-state index contributed by atoms with van der Waals surface area (Å²) in [6, 6.07) is 16.2. The third kappa shape index (κ3) is 7.26. The lowest BCUT2D eigenvalue weighted by molar-refractivity contribution is -0.139. The first-order chi connectivity index (χ1) is 19.5.